The van der Waals surface area contributed by atoms with Gasteiger partial charge in [0.05, 0.1) is 0 Å². The monoisotopic (exact) mass is 348 g/mol. The highest BCUT2D eigenvalue weighted by molar-refractivity contribution is 5.94. The Bertz CT molecular complexity index is 870. The van der Waals surface area contributed by atoms with Gasteiger partial charge < -0.3 is 9.32 Å². The van der Waals surface area contributed by atoms with Gasteiger partial charge in [0.25, 0.3) is 5.91 Å². The third-order valence-corrected chi connectivity index (χ3v) is 5.27. The largest absolute Gasteiger partial charge is 0.440 e. The fourth-order valence-electron chi connectivity index (χ4n) is 3.59. The lowest BCUT2D eigenvalue weighted by molar-refractivity contribution is 0.0706. The second-order valence-corrected chi connectivity index (χ2v) is 7.36. The number of likely N-dealkylation sites (tertiary alicyclic amines) is 1. The van der Waals surface area contributed by atoms with E-state index in [-0.39, 0.29) is 11.8 Å². The van der Waals surface area contributed by atoms with Crippen LogP contribution in [0.2, 0.25) is 0 Å². The highest BCUT2D eigenvalue weighted by Crippen LogP contribution is 2.30. The van der Waals surface area contributed by atoms with Gasteiger partial charge in [0.15, 0.2) is 11.5 Å². The summed E-state index contributed by atoms with van der Waals surface area (Å²) in [6.07, 6.45) is 1.78. The van der Waals surface area contributed by atoms with Crippen LogP contribution in [0.3, 0.4) is 0 Å². The summed E-state index contributed by atoms with van der Waals surface area (Å²) in [5, 5.41) is 0. The molecule has 0 aliphatic carbocycles. The van der Waals surface area contributed by atoms with Crippen LogP contribution in [0.15, 0.2) is 52.9 Å². The number of aromatic nitrogens is 1. The molecule has 0 bridgehead atoms. The standard InChI is InChI=1S/C22H24N2O2/c1-15(2)16-7-9-18(10-8-16)22(25)24-13-11-17(12-14-24)21-23-19-5-3-4-6-20(19)26-21/h3-10,15,17H,11-14H2,1-2H3. The molecule has 1 amide bonds. The van der Waals surface area contributed by atoms with Crippen molar-refractivity contribution in [2.24, 2.45) is 0 Å². The highest BCUT2D eigenvalue weighted by Gasteiger charge is 2.27. The molecule has 0 unspecified atom stereocenters. The number of nitrogens with zero attached hydrogens (tertiary/aromatic N) is 2. The lowest BCUT2D eigenvalue weighted by Crippen LogP contribution is -2.38. The maximum Gasteiger partial charge on any atom is 0.253 e. The van der Waals surface area contributed by atoms with Crippen molar-refractivity contribution in [3.05, 3.63) is 65.5 Å². The Morgan fingerprint density at radius 2 is 1.77 bits per heavy atom. The Morgan fingerprint density at radius 3 is 2.42 bits per heavy atom. The van der Waals surface area contributed by atoms with Crippen LogP contribution in [0, 0.1) is 0 Å². The fourth-order valence-corrected chi connectivity index (χ4v) is 3.59. The van der Waals surface area contributed by atoms with Crippen LogP contribution in [0.25, 0.3) is 11.1 Å². The number of rotatable bonds is 3. The summed E-state index contributed by atoms with van der Waals surface area (Å²) in [5.41, 5.74) is 3.78. The van der Waals surface area contributed by atoms with Crippen LogP contribution in [0.1, 0.15) is 60.3 Å². The van der Waals surface area contributed by atoms with Gasteiger partial charge in [0.1, 0.15) is 5.52 Å². The van der Waals surface area contributed by atoms with Gasteiger partial charge in [0, 0.05) is 24.6 Å². The zero-order chi connectivity index (χ0) is 18.1. The van der Waals surface area contributed by atoms with Gasteiger partial charge in [-0.3, -0.25) is 4.79 Å². The Labute approximate surface area is 153 Å². The summed E-state index contributed by atoms with van der Waals surface area (Å²) >= 11 is 0. The third-order valence-electron chi connectivity index (χ3n) is 5.27. The predicted octanol–water partition coefficient (Wildman–Crippen LogP) is 4.97. The van der Waals surface area contributed by atoms with E-state index in [4.69, 9.17) is 4.42 Å². The van der Waals surface area contributed by atoms with Crippen LogP contribution < -0.4 is 0 Å². The van der Waals surface area contributed by atoms with E-state index in [0.717, 1.165) is 48.5 Å². The zero-order valence-corrected chi connectivity index (χ0v) is 15.3. The Hall–Kier alpha value is -2.62. The maximum atomic E-state index is 12.8. The minimum absolute atomic E-state index is 0.122. The van der Waals surface area contributed by atoms with Gasteiger partial charge in [-0.2, -0.15) is 0 Å². The van der Waals surface area contributed by atoms with Gasteiger partial charge in [-0.15, -0.1) is 0 Å². The first-order valence-corrected chi connectivity index (χ1v) is 9.36. The summed E-state index contributed by atoms with van der Waals surface area (Å²) < 4.78 is 5.91. The number of carbonyl (C=O) groups excluding carboxylic acids is 1. The Balaban J connectivity index is 1.41. The van der Waals surface area contributed by atoms with E-state index < -0.39 is 0 Å². The molecule has 1 saturated heterocycles. The van der Waals surface area contributed by atoms with Crippen molar-refractivity contribution in [2.75, 3.05) is 13.1 Å². The number of hydrogen-bond acceptors (Lipinski definition) is 3. The van der Waals surface area contributed by atoms with Crippen molar-refractivity contribution in [3.8, 4) is 0 Å². The molecule has 4 nitrogen and oxygen atoms in total. The molecule has 4 heteroatoms. The van der Waals surface area contributed by atoms with Crippen LogP contribution in [-0.4, -0.2) is 28.9 Å². The Kier molecular flexibility index (Phi) is 4.49. The van der Waals surface area contributed by atoms with Crippen LogP contribution in [0.4, 0.5) is 0 Å². The molecule has 1 fully saturated rings. The fraction of sp³-hybridized carbons (Fsp3) is 0.364. The van der Waals surface area contributed by atoms with Gasteiger partial charge in [0.2, 0.25) is 0 Å². The number of oxazole rings is 1. The Morgan fingerprint density at radius 1 is 1.08 bits per heavy atom. The van der Waals surface area contributed by atoms with Gasteiger partial charge in [-0.25, -0.2) is 4.98 Å². The summed E-state index contributed by atoms with van der Waals surface area (Å²) in [6, 6.07) is 15.9. The number of piperidine rings is 1. The molecule has 3 aromatic rings. The average molecular weight is 348 g/mol. The predicted molar refractivity (Wildman–Crippen MR) is 102 cm³/mol. The summed E-state index contributed by atoms with van der Waals surface area (Å²) in [5.74, 6) is 1.69. The summed E-state index contributed by atoms with van der Waals surface area (Å²) in [7, 11) is 0. The van der Waals surface area contributed by atoms with Crippen molar-refractivity contribution in [1.29, 1.82) is 0 Å². The second kappa shape index (κ2) is 6.94. The van der Waals surface area contributed by atoms with E-state index in [0.29, 0.717) is 5.92 Å². The van der Waals surface area contributed by atoms with Crippen LogP contribution in [0.5, 0.6) is 0 Å². The minimum Gasteiger partial charge on any atom is -0.440 e. The molecule has 0 radical (unpaired) electrons. The molecule has 134 valence electrons. The molecular weight excluding hydrogens is 324 g/mol. The van der Waals surface area contributed by atoms with Crippen molar-refractivity contribution in [2.45, 2.75) is 38.5 Å². The number of para-hydroxylation sites is 2. The van der Waals surface area contributed by atoms with Crippen molar-refractivity contribution in [3.63, 3.8) is 0 Å². The molecule has 26 heavy (non-hydrogen) atoms. The normalized spacial score (nSPS) is 15.7. The molecule has 0 atom stereocenters. The number of amides is 1. The molecule has 2 aromatic carbocycles. The number of benzene rings is 2. The molecule has 0 saturated carbocycles. The van der Waals surface area contributed by atoms with Crippen LogP contribution in [-0.2, 0) is 0 Å². The highest BCUT2D eigenvalue weighted by atomic mass is 16.3. The van der Waals surface area contributed by atoms with E-state index in [2.05, 4.69) is 31.0 Å². The number of carbonyl (C=O) groups is 1. The smallest absolute Gasteiger partial charge is 0.253 e. The zero-order valence-electron chi connectivity index (χ0n) is 15.3. The van der Waals surface area contributed by atoms with E-state index in [1.54, 1.807) is 0 Å². The average Bonchev–Trinajstić information content (AvgIpc) is 3.12. The molecule has 4 rings (SSSR count). The van der Waals surface area contributed by atoms with Crippen LogP contribution >= 0.6 is 0 Å². The number of hydrogen-bond donors (Lipinski definition) is 0. The second-order valence-electron chi connectivity index (χ2n) is 7.36. The topological polar surface area (TPSA) is 46.3 Å². The SMILES string of the molecule is CC(C)c1ccc(C(=O)N2CCC(c3nc4ccccc4o3)CC2)cc1. The first-order valence-electron chi connectivity index (χ1n) is 9.36. The molecule has 1 aromatic heterocycles. The lowest BCUT2D eigenvalue weighted by atomic mass is 9.96. The lowest BCUT2D eigenvalue weighted by Gasteiger charge is -2.30. The van der Waals surface area contributed by atoms with Crippen molar-refractivity contribution >= 4 is 17.0 Å². The number of fused-ring (bicyclic) bond motifs is 1. The maximum absolute atomic E-state index is 12.8. The van der Waals surface area contributed by atoms with Gasteiger partial charge in [-0.1, -0.05) is 38.1 Å². The molecule has 0 N–H and O–H groups in total. The first kappa shape index (κ1) is 16.8. The molecule has 1 aliphatic rings. The van der Waals surface area contributed by atoms with E-state index in [1.807, 2.05) is 41.3 Å². The van der Waals surface area contributed by atoms with Gasteiger partial charge in [-0.05, 0) is 48.6 Å². The molecule has 2 heterocycles. The third kappa shape index (κ3) is 3.24. The van der Waals surface area contributed by atoms with E-state index in [1.165, 1.54) is 5.56 Å². The molecule has 1 aliphatic heterocycles. The molecular formula is C22H24N2O2. The summed E-state index contributed by atoms with van der Waals surface area (Å²) in [6.45, 7) is 5.81. The van der Waals surface area contributed by atoms with E-state index in [9.17, 15) is 4.79 Å². The van der Waals surface area contributed by atoms with Crippen molar-refractivity contribution < 1.29 is 9.21 Å². The van der Waals surface area contributed by atoms with E-state index >= 15 is 0 Å². The minimum atomic E-state index is 0.122. The first-order chi connectivity index (χ1) is 12.6. The van der Waals surface area contributed by atoms with Gasteiger partial charge >= 0.3 is 0 Å². The summed E-state index contributed by atoms with van der Waals surface area (Å²) in [4.78, 5) is 19.3. The van der Waals surface area contributed by atoms with Crippen molar-refractivity contribution in [1.82, 2.24) is 9.88 Å². The quantitative estimate of drug-likeness (QED) is 0.671. The molecule has 0 spiro atoms.